The third-order valence-corrected chi connectivity index (χ3v) is 4.31. The number of aliphatic imine (C=N–C) groups is 1. The van der Waals surface area contributed by atoms with Crippen molar-refractivity contribution < 1.29 is 4.52 Å². The van der Waals surface area contributed by atoms with Crippen LogP contribution in [0.2, 0.25) is 0 Å². The summed E-state index contributed by atoms with van der Waals surface area (Å²) in [5, 5.41) is 10.5. The highest BCUT2D eigenvalue weighted by molar-refractivity contribution is 14.0. The van der Waals surface area contributed by atoms with E-state index in [-0.39, 0.29) is 24.0 Å². The summed E-state index contributed by atoms with van der Waals surface area (Å²) < 4.78 is 5.25. The van der Waals surface area contributed by atoms with Crippen molar-refractivity contribution >= 4 is 41.3 Å². The van der Waals surface area contributed by atoms with Crippen LogP contribution in [0.1, 0.15) is 48.6 Å². The Balaban J connectivity index is 0.00000312. The van der Waals surface area contributed by atoms with Crippen LogP contribution in [-0.4, -0.2) is 46.6 Å². The molecule has 0 bridgehead atoms. The Labute approximate surface area is 170 Å². The molecule has 25 heavy (non-hydrogen) atoms. The summed E-state index contributed by atoms with van der Waals surface area (Å²) in [6, 6.07) is 0. The lowest BCUT2D eigenvalue weighted by Crippen LogP contribution is -2.39. The van der Waals surface area contributed by atoms with Crippen LogP contribution in [0.3, 0.4) is 0 Å². The highest BCUT2D eigenvalue weighted by atomic mass is 127. The number of nitrogens with one attached hydrogen (secondary N) is 1. The SMILES string of the molecule is CN=C(NCCCc1nc(C(C)C)no1)N(C)Cc1csc(C)n1.I. The molecule has 0 radical (unpaired) electrons. The van der Waals surface area contributed by atoms with Crippen LogP contribution < -0.4 is 5.32 Å². The second-order valence-electron chi connectivity index (χ2n) is 5.99. The van der Waals surface area contributed by atoms with Crippen LogP contribution in [0.5, 0.6) is 0 Å². The zero-order chi connectivity index (χ0) is 17.5. The van der Waals surface area contributed by atoms with Gasteiger partial charge in [0.15, 0.2) is 11.8 Å². The van der Waals surface area contributed by atoms with E-state index in [1.54, 1.807) is 18.4 Å². The number of hydrogen-bond donors (Lipinski definition) is 1. The lowest BCUT2D eigenvalue weighted by atomic mass is 10.2. The first-order chi connectivity index (χ1) is 11.5. The molecule has 0 spiro atoms. The number of aryl methyl sites for hydroxylation is 2. The summed E-state index contributed by atoms with van der Waals surface area (Å²) in [4.78, 5) is 15.3. The molecule has 0 aliphatic heterocycles. The van der Waals surface area contributed by atoms with Crippen molar-refractivity contribution in [3.63, 3.8) is 0 Å². The standard InChI is InChI=1S/C16H26N6OS.HI/c1-11(2)15-20-14(23-21-15)7-6-8-18-16(17-4)22(5)9-13-10-24-12(3)19-13;/h10-11H,6-9H2,1-5H3,(H,17,18);1H. The predicted octanol–water partition coefficient (Wildman–Crippen LogP) is 3.22. The summed E-state index contributed by atoms with van der Waals surface area (Å²) in [6.45, 7) is 7.67. The molecule has 2 aromatic heterocycles. The summed E-state index contributed by atoms with van der Waals surface area (Å²) in [6.07, 6.45) is 1.67. The molecule has 0 aromatic carbocycles. The maximum absolute atomic E-state index is 5.25. The van der Waals surface area contributed by atoms with Gasteiger partial charge in [0.05, 0.1) is 17.2 Å². The molecular weight excluding hydrogens is 451 g/mol. The molecule has 0 atom stereocenters. The van der Waals surface area contributed by atoms with Gasteiger partial charge in [0, 0.05) is 38.4 Å². The van der Waals surface area contributed by atoms with E-state index in [1.807, 2.05) is 14.0 Å². The maximum Gasteiger partial charge on any atom is 0.226 e. The van der Waals surface area contributed by atoms with Crippen LogP contribution in [0.15, 0.2) is 14.9 Å². The van der Waals surface area contributed by atoms with E-state index in [1.165, 1.54) is 0 Å². The summed E-state index contributed by atoms with van der Waals surface area (Å²) in [5.74, 6) is 2.62. The highest BCUT2D eigenvalue weighted by Gasteiger charge is 2.10. The van der Waals surface area contributed by atoms with Gasteiger partial charge in [-0.05, 0) is 13.3 Å². The maximum atomic E-state index is 5.25. The fraction of sp³-hybridized carbons (Fsp3) is 0.625. The molecule has 7 nitrogen and oxygen atoms in total. The molecule has 0 aliphatic rings. The lowest BCUT2D eigenvalue weighted by Gasteiger charge is -2.21. The number of halogens is 1. The number of hydrogen-bond acceptors (Lipinski definition) is 6. The van der Waals surface area contributed by atoms with E-state index < -0.39 is 0 Å². The second-order valence-corrected chi connectivity index (χ2v) is 7.05. The minimum Gasteiger partial charge on any atom is -0.356 e. The Hall–Kier alpha value is -1.23. The van der Waals surface area contributed by atoms with E-state index in [0.29, 0.717) is 11.8 Å². The van der Waals surface area contributed by atoms with Gasteiger partial charge in [0.25, 0.3) is 0 Å². The third kappa shape index (κ3) is 6.89. The van der Waals surface area contributed by atoms with E-state index in [9.17, 15) is 0 Å². The molecule has 0 saturated heterocycles. The van der Waals surface area contributed by atoms with Gasteiger partial charge in [-0.15, -0.1) is 35.3 Å². The quantitative estimate of drug-likeness (QED) is 0.285. The summed E-state index contributed by atoms with van der Waals surface area (Å²) >= 11 is 1.67. The molecule has 0 amide bonds. The van der Waals surface area contributed by atoms with Gasteiger partial charge in [-0.25, -0.2) is 4.98 Å². The molecule has 2 rings (SSSR count). The number of guanidine groups is 1. The largest absolute Gasteiger partial charge is 0.356 e. The number of aromatic nitrogens is 3. The molecule has 2 heterocycles. The molecule has 1 N–H and O–H groups in total. The third-order valence-electron chi connectivity index (χ3n) is 3.49. The van der Waals surface area contributed by atoms with Gasteiger partial charge in [-0.2, -0.15) is 4.98 Å². The van der Waals surface area contributed by atoms with Gasteiger partial charge in [-0.1, -0.05) is 19.0 Å². The first-order valence-corrected chi connectivity index (χ1v) is 9.02. The second kappa shape index (κ2) is 10.7. The van der Waals surface area contributed by atoms with Crippen molar-refractivity contribution in [3.05, 3.63) is 27.8 Å². The van der Waals surface area contributed by atoms with Crippen molar-refractivity contribution in [2.24, 2.45) is 4.99 Å². The van der Waals surface area contributed by atoms with Crippen LogP contribution in [0.4, 0.5) is 0 Å². The average Bonchev–Trinajstić information content (AvgIpc) is 3.16. The molecular formula is C16H27IN6OS. The van der Waals surface area contributed by atoms with E-state index in [0.717, 1.165) is 48.4 Å². The van der Waals surface area contributed by atoms with Crippen molar-refractivity contribution in [3.8, 4) is 0 Å². The fourth-order valence-electron chi connectivity index (χ4n) is 2.23. The molecule has 0 aliphatic carbocycles. The minimum atomic E-state index is 0. The Bertz CT molecular complexity index is 669. The van der Waals surface area contributed by atoms with Crippen molar-refractivity contribution in [1.82, 2.24) is 25.3 Å². The van der Waals surface area contributed by atoms with Crippen molar-refractivity contribution in [1.29, 1.82) is 0 Å². The van der Waals surface area contributed by atoms with Crippen LogP contribution in [-0.2, 0) is 13.0 Å². The van der Waals surface area contributed by atoms with Gasteiger partial charge in [-0.3, -0.25) is 4.99 Å². The van der Waals surface area contributed by atoms with Gasteiger partial charge < -0.3 is 14.7 Å². The Morgan fingerprint density at radius 3 is 2.72 bits per heavy atom. The summed E-state index contributed by atoms with van der Waals surface area (Å²) in [5.41, 5.74) is 1.06. The number of thiazole rings is 1. The van der Waals surface area contributed by atoms with E-state index in [4.69, 9.17) is 4.52 Å². The zero-order valence-electron chi connectivity index (χ0n) is 15.4. The molecule has 9 heteroatoms. The smallest absolute Gasteiger partial charge is 0.226 e. The molecule has 0 fully saturated rings. The predicted molar refractivity (Wildman–Crippen MR) is 112 cm³/mol. The van der Waals surface area contributed by atoms with Crippen LogP contribution in [0.25, 0.3) is 0 Å². The van der Waals surface area contributed by atoms with Gasteiger partial charge >= 0.3 is 0 Å². The van der Waals surface area contributed by atoms with Gasteiger partial charge in [0.2, 0.25) is 5.89 Å². The molecule has 140 valence electrons. The number of nitrogens with zero attached hydrogens (tertiary/aromatic N) is 5. The lowest BCUT2D eigenvalue weighted by molar-refractivity contribution is 0.368. The highest BCUT2D eigenvalue weighted by Crippen LogP contribution is 2.11. The Kier molecular flexibility index (Phi) is 9.33. The van der Waals surface area contributed by atoms with Crippen LogP contribution in [0, 0.1) is 6.92 Å². The van der Waals surface area contributed by atoms with Crippen molar-refractivity contribution in [2.45, 2.75) is 46.1 Å². The summed E-state index contributed by atoms with van der Waals surface area (Å²) in [7, 11) is 3.80. The Morgan fingerprint density at radius 2 is 2.16 bits per heavy atom. The topological polar surface area (TPSA) is 79.4 Å². The first kappa shape index (κ1) is 21.8. The van der Waals surface area contributed by atoms with Crippen molar-refractivity contribution in [2.75, 3.05) is 20.6 Å². The number of rotatable bonds is 7. The minimum absolute atomic E-state index is 0. The molecule has 0 unspecified atom stereocenters. The average molecular weight is 478 g/mol. The monoisotopic (exact) mass is 478 g/mol. The molecule has 2 aromatic rings. The molecule has 0 saturated carbocycles. The fourth-order valence-corrected chi connectivity index (χ4v) is 2.83. The van der Waals surface area contributed by atoms with Crippen LogP contribution >= 0.6 is 35.3 Å². The van der Waals surface area contributed by atoms with E-state index >= 15 is 0 Å². The zero-order valence-corrected chi connectivity index (χ0v) is 18.6. The van der Waals surface area contributed by atoms with Gasteiger partial charge in [0.1, 0.15) is 0 Å². The first-order valence-electron chi connectivity index (χ1n) is 8.15. The Morgan fingerprint density at radius 1 is 1.40 bits per heavy atom. The normalized spacial score (nSPS) is 11.5. The van der Waals surface area contributed by atoms with E-state index in [2.05, 4.69) is 49.6 Å².